The minimum Gasteiger partial charge on any atom is -0.330 e. The predicted octanol–water partition coefficient (Wildman–Crippen LogP) is 2.31. The van der Waals surface area contributed by atoms with Crippen LogP contribution in [0, 0.1) is 0 Å². The third-order valence-electron chi connectivity index (χ3n) is 4.11. The van der Waals surface area contributed by atoms with Crippen LogP contribution < -0.4 is 10.6 Å². The van der Waals surface area contributed by atoms with Gasteiger partial charge in [-0.1, -0.05) is 18.2 Å². The van der Waals surface area contributed by atoms with E-state index in [1.54, 1.807) is 10.7 Å². The van der Waals surface area contributed by atoms with Gasteiger partial charge in [-0.3, -0.25) is 0 Å². The molecule has 0 saturated carbocycles. The van der Waals surface area contributed by atoms with Gasteiger partial charge in [-0.15, -0.1) is 0 Å². The Morgan fingerprint density at radius 2 is 2.10 bits per heavy atom. The van der Waals surface area contributed by atoms with Crippen molar-refractivity contribution in [1.82, 2.24) is 14.6 Å². The number of aromatic nitrogens is 3. The number of benzene rings is 1. The van der Waals surface area contributed by atoms with Crippen LogP contribution in [0.3, 0.4) is 0 Å². The third-order valence-corrected chi connectivity index (χ3v) is 4.11. The molecule has 21 heavy (non-hydrogen) atoms. The molecular weight excluding hydrogens is 262 g/mol. The van der Waals surface area contributed by atoms with Crippen LogP contribution >= 0.6 is 0 Å². The Hall–Kier alpha value is -2.40. The van der Waals surface area contributed by atoms with Crippen LogP contribution in [0.4, 0.5) is 11.5 Å². The first kappa shape index (κ1) is 12.3. The number of nitrogens with two attached hydrogens (primary N) is 1. The summed E-state index contributed by atoms with van der Waals surface area (Å²) in [6.45, 7) is 1.65. The van der Waals surface area contributed by atoms with E-state index in [4.69, 9.17) is 10.7 Å². The zero-order valence-electron chi connectivity index (χ0n) is 11.7. The second kappa shape index (κ2) is 4.86. The van der Waals surface area contributed by atoms with Gasteiger partial charge >= 0.3 is 0 Å². The number of nitrogens with zero attached hydrogens (tertiary/aromatic N) is 4. The summed E-state index contributed by atoms with van der Waals surface area (Å²) in [5, 5.41) is 4.19. The van der Waals surface area contributed by atoms with Crippen molar-refractivity contribution in [3.05, 3.63) is 54.4 Å². The van der Waals surface area contributed by atoms with Crippen molar-refractivity contribution in [2.75, 3.05) is 18.0 Å². The minimum atomic E-state index is 0.481. The summed E-state index contributed by atoms with van der Waals surface area (Å²) < 4.78 is 1.78. The smallest absolute Gasteiger partial charge is 0.157 e. The first-order chi connectivity index (χ1) is 10.4. The normalized spacial score (nSPS) is 17.4. The maximum atomic E-state index is 5.76. The van der Waals surface area contributed by atoms with E-state index in [0.717, 1.165) is 24.4 Å². The highest BCUT2D eigenvalue weighted by Crippen LogP contribution is 2.41. The van der Waals surface area contributed by atoms with Crippen molar-refractivity contribution in [3.8, 4) is 0 Å². The van der Waals surface area contributed by atoms with E-state index in [9.17, 15) is 0 Å². The number of hydrogen-bond donors (Lipinski definition) is 1. The van der Waals surface area contributed by atoms with Gasteiger partial charge in [0.2, 0.25) is 0 Å². The van der Waals surface area contributed by atoms with Crippen LogP contribution in [0.5, 0.6) is 0 Å². The Balaban J connectivity index is 1.78. The largest absolute Gasteiger partial charge is 0.330 e. The van der Waals surface area contributed by atoms with E-state index in [2.05, 4.69) is 34.3 Å². The fourth-order valence-electron chi connectivity index (χ4n) is 3.11. The standard InChI is InChI=1S/C16H17N5/c17-8-5-12-11-20(14-4-2-1-3-13(12)14)15-7-10-21-16(19-15)6-9-18-21/h1-4,6-7,9-10,12H,5,8,11,17H2. The molecule has 0 fully saturated rings. The van der Waals surface area contributed by atoms with Crippen LogP contribution in [0.1, 0.15) is 17.9 Å². The molecule has 4 rings (SSSR count). The molecule has 0 radical (unpaired) electrons. The van der Waals surface area contributed by atoms with Crippen molar-refractivity contribution < 1.29 is 0 Å². The Bertz CT molecular complexity index is 779. The number of anilines is 2. The highest BCUT2D eigenvalue weighted by Gasteiger charge is 2.29. The summed E-state index contributed by atoms with van der Waals surface area (Å²) in [5.41, 5.74) is 9.25. The van der Waals surface area contributed by atoms with E-state index in [0.29, 0.717) is 12.5 Å². The first-order valence-corrected chi connectivity index (χ1v) is 7.24. The molecule has 106 valence electrons. The molecule has 3 aromatic rings. The topological polar surface area (TPSA) is 59.5 Å². The molecule has 1 aliphatic rings. The van der Waals surface area contributed by atoms with E-state index in [1.165, 1.54) is 11.3 Å². The third kappa shape index (κ3) is 1.97. The van der Waals surface area contributed by atoms with Crippen molar-refractivity contribution in [2.24, 2.45) is 5.73 Å². The average molecular weight is 279 g/mol. The second-order valence-corrected chi connectivity index (χ2v) is 5.36. The molecule has 0 spiro atoms. The van der Waals surface area contributed by atoms with Gasteiger partial charge in [0.15, 0.2) is 5.65 Å². The summed E-state index contributed by atoms with van der Waals surface area (Å²) in [7, 11) is 0. The molecule has 5 heteroatoms. The van der Waals surface area contributed by atoms with Gasteiger partial charge in [0.1, 0.15) is 5.82 Å². The van der Waals surface area contributed by atoms with E-state index in [1.807, 2.05) is 18.3 Å². The number of para-hydroxylation sites is 1. The van der Waals surface area contributed by atoms with Crippen LogP contribution in [-0.2, 0) is 0 Å². The molecule has 5 nitrogen and oxygen atoms in total. The SMILES string of the molecule is NCCC1CN(c2ccn3nccc3n2)c2ccccc21. The van der Waals surface area contributed by atoms with Crippen LogP contribution in [0.2, 0.25) is 0 Å². The molecule has 3 heterocycles. The molecule has 0 saturated heterocycles. The van der Waals surface area contributed by atoms with Crippen LogP contribution in [-0.4, -0.2) is 27.7 Å². The van der Waals surface area contributed by atoms with Gasteiger partial charge in [-0.2, -0.15) is 5.10 Å². The molecule has 2 aromatic heterocycles. The molecule has 0 aliphatic carbocycles. The Morgan fingerprint density at radius 3 is 3.00 bits per heavy atom. The predicted molar refractivity (Wildman–Crippen MR) is 82.8 cm³/mol. The monoisotopic (exact) mass is 279 g/mol. The molecule has 1 unspecified atom stereocenters. The summed E-state index contributed by atoms with van der Waals surface area (Å²) >= 11 is 0. The Labute approximate surface area is 123 Å². The van der Waals surface area contributed by atoms with Crippen LogP contribution in [0.25, 0.3) is 5.65 Å². The molecule has 1 atom stereocenters. The maximum absolute atomic E-state index is 5.76. The first-order valence-electron chi connectivity index (χ1n) is 7.24. The van der Waals surface area contributed by atoms with Gasteiger partial charge in [-0.05, 0) is 30.7 Å². The van der Waals surface area contributed by atoms with E-state index < -0.39 is 0 Å². The molecule has 0 amide bonds. The van der Waals surface area contributed by atoms with Crippen molar-refractivity contribution in [3.63, 3.8) is 0 Å². The molecule has 1 aromatic carbocycles. The fraction of sp³-hybridized carbons (Fsp3) is 0.250. The summed E-state index contributed by atoms with van der Waals surface area (Å²) in [6, 6.07) is 12.5. The number of rotatable bonds is 3. The van der Waals surface area contributed by atoms with Gasteiger partial charge in [0, 0.05) is 30.4 Å². The van der Waals surface area contributed by atoms with Gasteiger partial charge in [0.25, 0.3) is 0 Å². The van der Waals surface area contributed by atoms with Gasteiger partial charge in [0.05, 0.1) is 6.20 Å². The minimum absolute atomic E-state index is 0.481. The highest BCUT2D eigenvalue weighted by atomic mass is 15.3. The lowest BCUT2D eigenvalue weighted by atomic mass is 9.98. The van der Waals surface area contributed by atoms with E-state index in [-0.39, 0.29) is 0 Å². The van der Waals surface area contributed by atoms with Gasteiger partial charge < -0.3 is 10.6 Å². The molecule has 2 N–H and O–H groups in total. The maximum Gasteiger partial charge on any atom is 0.157 e. The molecule has 1 aliphatic heterocycles. The van der Waals surface area contributed by atoms with Crippen molar-refractivity contribution >= 4 is 17.2 Å². The summed E-state index contributed by atoms with van der Waals surface area (Å²) in [5.74, 6) is 1.45. The lowest BCUT2D eigenvalue weighted by Crippen LogP contribution is -2.18. The van der Waals surface area contributed by atoms with Gasteiger partial charge in [-0.25, -0.2) is 9.50 Å². The molecular formula is C16H17N5. The Morgan fingerprint density at radius 1 is 1.19 bits per heavy atom. The Kier molecular flexibility index (Phi) is 2.86. The molecule has 0 bridgehead atoms. The summed E-state index contributed by atoms with van der Waals surface area (Å²) in [4.78, 5) is 6.99. The fourth-order valence-corrected chi connectivity index (χ4v) is 3.11. The quantitative estimate of drug-likeness (QED) is 0.799. The van der Waals surface area contributed by atoms with E-state index >= 15 is 0 Å². The van der Waals surface area contributed by atoms with Crippen LogP contribution in [0.15, 0.2) is 48.8 Å². The lowest BCUT2D eigenvalue weighted by Gasteiger charge is -2.18. The number of hydrogen-bond acceptors (Lipinski definition) is 4. The highest BCUT2D eigenvalue weighted by molar-refractivity contribution is 5.69. The zero-order chi connectivity index (χ0) is 14.2. The van der Waals surface area contributed by atoms with Crippen molar-refractivity contribution in [2.45, 2.75) is 12.3 Å². The lowest BCUT2D eigenvalue weighted by molar-refractivity contribution is 0.667. The number of fused-ring (bicyclic) bond motifs is 2. The zero-order valence-corrected chi connectivity index (χ0v) is 11.7. The second-order valence-electron chi connectivity index (χ2n) is 5.36. The summed E-state index contributed by atoms with van der Waals surface area (Å²) in [6.07, 6.45) is 4.72. The average Bonchev–Trinajstić information content (AvgIpc) is 3.12. The van der Waals surface area contributed by atoms with Crippen molar-refractivity contribution in [1.29, 1.82) is 0 Å².